The van der Waals surface area contributed by atoms with Crippen molar-refractivity contribution < 1.29 is 5.11 Å². The van der Waals surface area contributed by atoms with Crippen LogP contribution >= 0.6 is 0 Å². The summed E-state index contributed by atoms with van der Waals surface area (Å²) >= 11 is 0. The van der Waals surface area contributed by atoms with Crippen LogP contribution in [0.15, 0.2) is 30.3 Å². The summed E-state index contributed by atoms with van der Waals surface area (Å²) in [7, 11) is 0. The number of hydrogen-bond acceptors (Lipinski definition) is 2. The van der Waals surface area contributed by atoms with Gasteiger partial charge in [-0.05, 0) is 30.7 Å². The third-order valence-corrected chi connectivity index (χ3v) is 4.08. The summed E-state index contributed by atoms with van der Waals surface area (Å²) in [6.07, 6.45) is 6.46. The van der Waals surface area contributed by atoms with Crippen LogP contribution in [0.3, 0.4) is 0 Å². The van der Waals surface area contributed by atoms with Gasteiger partial charge in [0.2, 0.25) is 0 Å². The highest BCUT2D eigenvalue weighted by Gasteiger charge is 2.19. The third-order valence-electron chi connectivity index (χ3n) is 4.08. The maximum absolute atomic E-state index is 9.57. The molecule has 1 aromatic carbocycles. The first-order valence-corrected chi connectivity index (χ1v) is 7.21. The van der Waals surface area contributed by atoms with Crippen LogP contribution in [0.5, 0.6) is 0 Å². The van der Waals surface area contributed by atoms with Crippen molar-refractivity contribution in [2.45, 2.75) is 51.1 Å². The normalized spacial score (nSPS) is 26.6. The summed E-state index contributed by atoms with van der Waals surface area (Å²) < 4.78 is 0. The van der Waals surface area contributed by atoms with E-state index in [2.05, 4.69) is 24.4 Å². The summed E-state index contributed by atoms with van der Waals surface area (Å²) in [5.74, 6) is 0.862. The monoisotopic (exact) mass is 247 g/mol. The molecule has 1 fully saturated rings. The predicted molar refractivity (Wildman–Crippen MR) is 75.4 cm³/mol. The van der Waals surface area contributed by atoms with Crippen molar-refractivity contribution >= 4 is 0 Å². The molecule has 1 saturated carbocycles. The van der Waals surface area contributed by atoms with Crippen LogP contribution in [0.2, 0.25) is 0 Å². The van der Waals surface area contributed by atoms with Crippen LogP contribution in [0, 0.1) is 5.92 Å². The highest BCUT2D eigenvalue weighted by Crippen LogP contribution is 2.24. The quantitative estimate of drug-likeness (QED) is 0.800. The zero-order valence-corrected chi connectivity index (χ0v) is 11.3. The molecule has 0 heterocycles. The molecule has 0 aromatic heterocycles. The van der Waals surface area contributed by atoms with Gasteiger partial charge in [-0.1, -0.05) is 50.1 Å². The fourth-order valence-corrected chi connectivity index (χ4v) is 2.88. The lowest BCUT2D eigenvalue weighted by atomic mass is 10.0. The van der Waals surface area contributed by atoms with Crippen molar-refractivity contribution in [2.24, 2.45) is 5.92 Å². The molecule has 3 atom stereocenters. The molecule has 0 radical (unpaired) electrons. The van der Waals surface area contributed by atoms with E-state index in [-0.39, 0.29) is 12.6 Å². The molecule has 100 valence electrons. The lowest BCUT2D eigenvalue weighted by Crippen LogP contribution is -2.34. The Morgan fingerprint density at radius 3 is 2.67 bits per heavy atom. The van der Waals surface area contributed by atoms with Crippen LogP contribution in [-0.4, -0.2) is 17.8 Å². The standard InChI is InChI=1S/C16H25NO/c1-13-6-5-9-15(11-10-13)17-16(12-18)14-7-3-2-4-8-14/h2-4,7-8,13,15-18H,5-6,9-12H2,1H3. The molecule has 1 aliphatic carbocycles. The molecular formula is C16H25NO. The molecule has 18 heavy (non-hydrogen) atoms. The fraction of sp³-hybridized carbons (Fsp3) is 0.625. The average molecular weight is 247 g/mol. The molecule has 2 rings (SSSR count). The van der Waals surface area contributed by atoms with E-state index in [1.807, 2.05) is 18.2 Å². The molecule has 0 bridgehead atoms. The van der Waals surface area contributed by atoms with E-state index in [0.717, 1.165) is 5.92 Å². The molecule has 0 amide bonds. The van der Waals surface area contributed by atoms with Crippen molar-refractivity contribution in [1.82, 2.24) is 5.32 Å². The molecule has 2 nitrogen and oxygen atoms in total. The van der Waals surface area contributed by atoms with Crippen molar-refractivity contribution in [3.63, 3.8) is 0 Å². The van der Waals surface area contributed by atoms with E-state index >= 15 is 0 Å². The molecule has 0 aliphatic heterocycles. The van der Waals surface area contributed by atoms with E-state index in [4.69, 9.17) is 0 Å². The predicted octanol–water partition coefficient (Wildman–Crippen LogP) is 3.28. The first-order chi connectivity index (χ1) is 8.79. The minimum Gasteiger partial charge on any atom is -0.394 e. The molecule has 1 aromatic rings. The first kappa shape index (κ1) is 13.6. The van der Waals surface area contributed by atoms with Crippen LogP contribution in [-0.2, 0) is 0 Å². The SMILES string of the molecule is CC1CCCC(NC(CO)c2ccccc2)CC1. The number of rotatable bonds is 4. The van der Waals surface area contributed by atoms with Gasteiger partial charge in [-0.2, -0.15) is 0 Å². The van der Waals surface area contributed by atoms with Gasteiger partial charge in [0, 0.05) is 6.04 Å². The van der Waals surface area contributed by atoms with Gasteiger partial charge >= 0.3 is 0 Å². The Labute approximate surface area is 110 Å². The molecular weight excluding hydrogens is 222 g/mol. The van der Waals surface area contributed by atoms with Crippen LogP contribution in [0.4, 0.5) is 0 Å². The van der Waals surface area contributed by atoms with Gasteiger partial charge in [0.15, 0.2) is 0 Å². The van der Waals surface area contributed by atoms with E-state index < -0.39 is 0 Å². The zero-order valence-electron chi connectivity index (χ0n) is 11.3. The van der Waals surface area contributed by atoms with Gasteiger partial charge in [-0.3, -0.25) is 0 Å². The Bertz CT molecular complexity index is 338. The average Bonchev–Trinajstić information content (AvgIpc) is 2.62. The summed E-state index contributed by atoms with van der Waals surface area (Å²) in [6, 6.07) is 10.9. The van der Waals surface area contributed by atoms with Gasteiger partial charge in [0.1, 0.15) is 0 Å². The Balaban J connectivity index is 1.94. The van der Waals surface area contributed by atoms with Crippen molar-refractivity contribution in [3.8, 4) is 0 Å². The maximum atomic E-state index is 9.57. The second kappa shape index (κ2) is 6.91. The van der Waals surface area contributed by atoms with Crippen molar-refractivity contribution in [1.29, 1.82) is 0 Å². The van der Waals surface area contributed by atoms with E-state index in [1.165, 1.54) is 37.7 Å². The van der Waals surface area contributed by atoms with Crippen molar-refractivity contribution in [3.05, 3.63) is 35.9 Å². The van der Waals surface area contributed by atoms with Crippen LogP contribution < -0.4 is 5.32 Å². The second-order valence-electron chi connectivity index (χ2n) is 5.62. The largest absolute Gasteiger partial charge is 0.394 e. The molecule has 2 heteroatoms. The minimum atomic E-state index is 0.0876. The fourth-order valence-electron chi connectivity index (χ4n) is 2.88. The lowest BCUT2D eigenvalue weighted by Gasteiger charge is -2.24. The number of benzene rings is 1. The summed E-state index contributed by atoms with van der Waals surface area (Å²) in [6.45, 7) is 2.53. The van der Waals surface area contributed by atoms with Gasteiger partial charge in [-0.25, -0.2) is 0 Å². The maximum Gasteiger partial charge on any atom is 0.0626 e. The minimum absolute atomic E-state index is 0.0876. The number of aliphatic hydroxyl groups excluding tert-OH is 1. The van der Waals surface area contributed by atoms with Gasteiger partial charge in [0.25, 0.3) is 0 Å². The Hall–Kier alpha value is -0.860. The molecule has 0 spiro atoms. The Kier molecular flexibility index (Phi) is 5.21. The van der Waals surface area contributed by atoms with Crippen LogP contribution in [0.1, 0.15) is 50.6 Å². The topological polar surface area (TPSA) is 32.3 Å². The zero-order chi connectivity index (χ0) is 12.8. The third kappa shape index (κ3) is 3.82. The highest BCUT2D eigenvalue weighted by molar-refractivity contribution is 5.19. The molecule has 3 unspecified atom stereocenters. The highest BCUT2D eigenvalue weighted by atomic mass is 16.3. The Morgan fingerprint density at radius 1 is 1.17 bits per heavy atom. The lowest BCUT2D eigenvalue weighted by molar-refractivity contribution is 0.228. The molecule has 2 N–H and O–H groups in total. The molecule has 0 saturated heterocycles. The van der Waals surface area contributed by atoms with Crippen molar-refractivity contribution in [2.75, 3.05) is 6.61 Å². The summed E-state index contributed by atoms with van der Waals surface area (Å²) in [5, 5.41) is 13.2. The smallest absolute Gasteiger partial charge is 0.0626 e. The van der Waals surface area contributed by atoms with Gasteiger partial charge < -0.3 is 10.4 Å². The second-order valence-corrected chi connectivity index (χ2v) is 5.62. The number of aliphatic hydroxyl groups is 1. The van der Waals surface area contributed by atoms with E-state index in [0.29, 0.717) is 6.04 Å². The summed E-state index contributed by atoms with van der Waals surface area (Å²) in [5.41, 5.74) is 1.19. The van der Waals surface area contributed by atoms with Crippen LogP contribution in [0.25, 0.3) is 0 Å². The number of nitrogens with one attached hydrogen (secondary N) is 1. The van der Waals surface area contributed by atoms with E-state index in [9.17, 15) is 5.11 Å². The first-order valence-electron chi connectivity index (χ1n) is 7.21. The Morgan fingerprint density at radius 2 is 1.94 bits per heavy atom. The molecule has 1 aliphatic rings. The van der Waals surface area contributed by atoms with E-state index in [1.54, 1.807) is 0 Å². The number of hydrogen-bond donors (Lipinski definition) is 2. The van der Waals surface area contributed by atoms with Gasteiger partial charge in [0.05, 0.1) is 12.6 Å². The summed E-state index contributed by atoms with van der Waals surface area (Å²) in [4.78, 5) is 0. The van der Waals surface area contributed by atoms with Gasteiger partial charge in [-0.15, -0.1) is 0 Å².